The summed E-state index contributed by atoms with van der Waals surface area (Å²) in [4.78, 5) is 17.1. The van der Waals surface area contributed by atoms with Gasteiger partial charge in [0, 0.05) is 19.2 Å². The molecule has 0 spiro atoms. The van der Waals surface area contributed by atoms with E-state index in [-0.39, 0.29) is 24.7 Å². The van der Waals surface area contributed by atoms with Crippen LogP contribution in [0.3, 0.4) is 0 Å². The van der Waals surface area contributed by atoms with Gasteiger partial charge in [-0.15, -0.1) is 0 Å². The first-order valence-corrected chi connectivity index (χ1v) is 6.68. The second-order valence-electron chi connectivity index (χ2n) is 4.68. The second kappa shape index (κ2) is 6.69. The molecule has 1 aromatic rings. The summed E-state index contributed by atoms with van der Waals surface area (Å²) in [5.41, 5.74) is 6.68. The predicted octanol–water partition coefficient (Wildman–Crippen LogP) is 0.231. The van der Waals surface area contributed by atoms with Gasteiger partial charge in [0.1, 0.15) is 11.7 Å². The summed E-state index contributed by atoms with van der Waals surface area (Å²) in [5.74, 6) is 0.981. The van der Waals surface area contributed by atoms with Gasteiger partial charge in [-0.05, 0) is 13.0 Å². The van der Waals surface area contributed by atoms with Gasteiger partial charge in [0.25, 0.3) is 0 Å². The zero-order valence-corrected chi connectivity index (χ0v) is 11.9. The highest BCUT2D eigenvalue weighted by Gasteiger charge is 2.19. The van der Waals surface area contributed by atoms with E-state index in [1.807, 2.05) is 19.1 Å². The molecule has 0 saturated carbocycles. The number of allylic oxidation sites excluding steroid dienone is 1. The molecule has 0 radical (unpaired) electrons. The molecule has 1 aromatic heterocycles. The molecular weight excluding hydrogens is 270 g/mol. The standard InChI is InChI=1S/C13H19N7O/c1-2-3-9-6-12(19-18-9)17-10(14)7-11(15)20-5-4-16-13(21)8-20/h2-3,6,15H,4-5,7-8H2,1H3,(H,16,21)(H3,14,17,18,19)/b3-2+,15-11?. The highest BCUT2D eigenvalue weighted by Crippen LogP contribution is 2.11. The molecule has 8 nitrogen and oxygen atoms in total. The van der Waals surface area contributed by atoms with Crippen LogP contribution in [-0.2, 0) is 4.79 Å². The number of nitrogens with two attached hydrogens (primary N) is 1. The Kier molecular flexibility index (Phi) is 4.70. The molecule has 21 heavy (non-hydrogen) atoms. The van der Waals surface area contributed by atoms with E-state index in [4.69, 9.17) is 11.1 Å². The minimum Gasteiger partial charge on any atom is -0.387 e. The number of carbonyl (C=O) groups excluding carboxylic acids is 1. The van der Waals surface area contributed by atoms with E-state index in [2.05, 4.69) is 20.5 Å². The number of nitrogens with one attached hydrogen (secondary N) is 3. The van der Waals surface area contributed by atoms with Gasteiger partial charge in [-0.3, -0.25) is 15.3 Å². The number of rotatable bonds is 4. The van der Waals surface area contributed by atoms with Crippen LogP contribution in [0, 0.1) is 5.41 Å². The second-order valence-corrected chi connectivity index (χ2v) is 4.68. The lowest BCUT2D eigenvalue weighted by molar-refractivity contribution is -0.122. The minimum atomic E-state index is -0.0789. The average molecular weight is 289 g/mol. The third-order valence-corrected chi connectivity index (χ3v) is 2.96. The van der Waals surface area contributed by atoms with Gasteiger partial charge in [-0.25, -0.2) is 4.99 Å². The number of hydrogen-bond acceptors (Lipinski definition) is 4. The maximum Gasteiger partial charge on any atom is 0.239 e. The fourth-order valence-electron chi connectivity index (χ4n) is 1.99. The number of hydrogen-bond donors (Lipinski definition) is 4. The van der Waals surface area contributed by atoms with Gasteiger partial charge in [-0.1, -0.05) is 6.08 Å². The minimum absolute atomic E-state index is 0.0789. The van der Waals surface area contributed by atoms with E-state index in [1.165, 1.54) is 0 Å². The topological polar surface area (TPSA) is 123 Å². The zero-order valence-electron chi connectivity index (χ0n) is 11.9. The summed E-state index contributed by atoms with van der Waals surface area (Å²) < 4.78 is 0. The molecule has 2 rings (SSSR count). The largest absolute Gasteiger partial charge is 0.387 e. The predicted molar refractivity (Wildman–Crippen MR) is 81.5 cm³/mol. The van der Waals surface area contributed by atoms with E-state index in [0.29, 0.717) is 24.7 Å². The normalized spacial score (nSPS) is 16.3. The van der Waals surface area contributed by atoms with Crippen molar-refractivity contribution in [2.45, 2.75) is 13.3 Å². The van der Waals surface area contributed by atoms with Crippen LogP contribution < -0.4 is 11.1 Å². The van der Waals surface area contributed by atoms with Crippen LogP contribution in [-0.4, -0.2) is 52.3 Å². The Hall–Kier alpha value is -2.64. The van der Waals surface area contributed by atoms with Crippen LogP contribution in [0.1, 0.15) is 19.0 Å². The van der Waals surface area contributed by atoms with Crippen molar-refractivity contribution in [3.8, 4) is 0 Å². The molecule has 1 fully saturated rings. The summed E-state index contributed by atoms with van der Waals surface area (Å²) in [6.45, 7) is 3.27. The van der Waals surface area contributed by atoms with Gasteiger partial charge in [-0.2, -0.15) is 5.10 Å². The Morgan fingerprint density at radius 3 is 3.19 bits per heavy atom. The van der Waals surface area contributed by atoms with Crippen molar-refractivity contribution in [2.75, 3.05) is 19.6 Å². The maximum atomic E-state index is 11.3. The van der Waals surface area contributed by atoms with Crippen molar-refractivity contribution in [1.29, 1.82) is 5.41 Å². The molecule has 0 unspecified atom stereocenters. The molecule has 1 aliphatic heterocycles. The van der Waals surface area contributed by atoms with Crippen molar-refractivity contribution >= 4 is 29.5 Å². The highest BCUT2D eigenvalue weighted by molar-refractivity contribution is 6.02. The van der Waals surface area contributed by atoms with Gasteiger partial charge in [0.2, 0.25) is 5.91 Å². The zero-order chi connectivity index (χ0) is 15.2. The quantitative estimate of drug-likeness (QED) is 0.468. The van der Waals surface area contributed by atoms with Crippen LogP contribution in [0.5, 0.6) is 0 Å². The molecule has 112 valence electrons. The Balaban J connectivity index is 1.95. The number of nitrogens with zero attached hydrogens (tertiary/aromatic N) is 3. The van der Waals surface area contributed by atoms with Crippen molar-refractivity contribution < 1.29 is 4.79 Å². The number of piperazine rings is 1. The highest BCUT2D eigenvalue weighted by atomic mass is 16.2. The summed E-state index contributed by atoms with van der Waals surface area (Å²) in [7, 11) is 0. The van der Waals surface area contributed by atoms with E-state index >= 15 is 0 Å². The van der Waals surface area contributed by atoms with Gasteiger partial charge < -0.3 is 16.0 Å². The Morgan fingerprint density at radius 1 is 1.67 bits per heavy atom. The van der Waals surface area contributed by atoms with Gasteiger partial charge in [0.15, 0.2) is 5.82 Å². The van der Waals surface area contributed by atoms with Crippen molar-refractivity contribution in [3.05, 3.63) is 17.8 Å². The Morgan fingerprint density at radius 2 is 2.48 bits per heavy atom. The van der Waals surface area contributed by atoms with E-state index < -0.39 is 0 Å². The van der Waals surface area contributed by atoms with Crippen LogP contribution in [0.2, 0.25) is 0 Å². The molecule has 1 aliphatic rings. The lowest BCUT2D eigenvalue weighted by atomic mass is 10.2. The average Bonchev–Trinajstić information content (AvgIpc) is 2.86. The molecule has 8 heteroatoms. The Labute approximate surface area is 122 Å². The fourth-order valence-corrected chi connectivity index (χ4v) is 1.99. The number of amides is 1. The summed E-state index contributed by atoms with van der Waals surface area (Å²) in [5, 5.41) is 17.5. The number of H-pyrrole nitrogens is 1. The lowest BCUT2D eigenvalue weighted by Gasteiger charge is -2.28. The monoisotopic (exact) mass is 289 g/mol. The van der Waals surface area contributed by atoms with E-state index in [1.54, 1.807) is 11.0 Å². The number of amidine groups is 2. The maximum absolute atomic E-state index is 11.3. The number of aliphatic imine (C=N–C) groups is 1. The molecule has 0 aromatic carbocycles. The first kappa shape index (κ1) is 14.8. The molecular formula is C13H19N7O. The molecule has 0 atom stereocenters. The number of aromatic nitrogens is 2. The van der Waals surface area contributed by atoms with Gasteiger partial charge in [0.05, 0.1) is 18.7 Å². The van der Waals surface area contributed by atoms with Crippen LogP contribution in [0.25, 0.3) is 6.08 Å². The third kappa shape index (κ3) is 4.16. The first-order chi connectivity index (χ1) is 10.1. The SMILES string of the molecule is C/C=C/c1cc(N=C(N)CC(=N)N2CCNC(=O)C2)n[nH]1. The molecule has 0 bridgehead atoms. The molecule has 1 saturated heterocycles. The smallest absolute Gasteiger partial charge is 0.239 e. The molecule has 5 N–H and O–H groups in total. The molecule has 2 heterocycles. The molecule has 0 aliphatic carbocycles. The lowest BCUT2D eigenvalue weighted by Crippen LogP contribution is -2.50. The van der Waals surface area contributed by atoms with Crippen molar-refractivity contribution in [2.24, 2.45) is 10.7 Å². The van der Waals surface area contributed by atoms with Crippen LogP contribution >= 0.6 is 0 Å². The van der Waals surface area contributed by atoms with Crippen molar-refractivity contribution in [1.82, 2.24) is 20.4 Å². The van der Waals surface area contributed by atoms with Gasteiger partial charge >= 0.3 is 0 Å². The number of carbonyl (C=O) groups is 1. The van der Waals surface area contributed by atoms with E-state index in [9.17, 15) is 4.79 Å². The fraction of sp³-hybridized carbons (Fsp3) is 0.385. The number of aromatic amines is 1. The molecule has 1 amide bonds. The first-order valence-electron chi connectivity index (χ1n) is 6.68. The Bertz CT molecular complexity index is 587. The summed E-state index contributed by atoms with van der Waals surface area (Å²) in [6.07, 6.45) is 3.96. The summed E-state index contributed by atoms with van der Waals surface area (Å²) in [6, 6.07) is 1.77. The van der Waals surface area contributed by atoms with Crippen LogP contribution in [0.15, 0.2) is 17.1 Å². The van der Waals surface area contributed by atoms with Crippen molar-refractivity contribution in [3.63, 3.8) is 0 Å². The summed E-state index contributed by atoms with van der Waals surface area (Å²) >= 11 is 0. The van der Waals surface area contributed by atoms with Crippen LogP contribution in [0.4, 0.5) is 5.82 Å². The third-order valence-electron chi connectivity index (χ3n) is 2.96. The van der Waals surface area contributed by atoms with E-state index in [0.717, 1.165) is 5.69 Å².